The fourth-order valence-corrected chi connectivity index (χ4v) is 7.22. The number of piperazine rings is 2. The highest BCUT2D eigenvalue weighted by atomic mass is 32.2. The van der Waals surface area contributed by atoms with Crippen LogP contribution in [0, 0.1) is 6.92 Å². The maximum atomic E-state index is 13.8. The lowest BCUT2D eigenvalue weighted by Gasteiger charge is -2.35. The summed E-state index contributed by atoms with van der Waals surface area (Å²) >= 11 is 0. The standard InChI is InChI=1S/C29H44N8O3S/c1-6-10-26-30-22(5)27-29(35-17-13-33(7-2)14-18-35)31-28(32-37(26)27)24-21-23(11-12-25(24)40-9-4)41(38,39)36-19-15-34(8-3)16-20-36/h11-12,21H,6-10,13-20H2,1-5H3. The molecule has 11 nitrogen and oxygen atoms in total. The minimum atomic E-state index is -3.69. The van der Waals surface area contributed by atoms with E-state index in [9.17, 15) is 8.42 Å². The van der Waals surface area contributed by atoms with Crippen molar-refractivity contribution in [1.82, 2.24) is 33.7 Å². The van der Waals surface area contributed by atoms with Crippen LogP contribution in [0.1, 0.15) is 45.6 Å². The molecular formula is C29H44N8O3S. The second-order valence-corrected chi connectivity index (χ2v) is 12.7. The van der Waals surface area contributed by atoms with Gasteiger partial charge in [0.15, 0.2) is 11.6 Å². The Hall–Kier alpha value is -2.80. The molecule has 0 spiro atoms. The van der Waals surface area contributed by atoms with Crippen molar-refractivity contribution in [2.24, 2.45) is 0 Å². The van der Waals surface area contributed by atoms with E-state index in [1.54, 1.807) is 22.5 Å². The molecule has 2 aromatic heterocycles. The molecule has 41 heavy (non-hydrogen) atoms. The summed E-state index contributed by atoms with van der Waals surface area (Å²) < 4.78 is 37.0. The van der Waals surface area contributed by atoms with Crippen molar-refractivity contribution >= 4 is 21.4 Å². The lowest BCUT2D eigenvalue weighted by atomic mass is 10.2. The number of anilines is 1. The second kappa shape index (κ2) is 12.6. The molecule has 0 N–H and O–H groups in total. The minimum Gasteiger partial charge on any atom is -0.493 e. The lowest BCUT2D eigenvalue weighted by molar-refractivity contribution is 0.196. The van der Waals surface area contributed by atoms with Crippen LogP contribution in [0.4, 0.5) is 5.82 Å². The van der Waals surface area contributed by atoms with Gasteiger partial charge in [0.25, 0.3) is 0 Å². The summed E-state index contributed by atoms with van der Waals surface area (Å²) in [6.07, 6.45) is 1.72. The summed E-state index contributed by atoms with van der Waals surface area (Å²) in [5, 5.41) is 4.98. The van der Waals surface area contributed by atoms with Gasteiger partial charge in [-0.1, -0.05) is 20.8 Å². The zero-order valence-corrected chi connectivity index (χ0v) is 26.0. The highest BCUT2D eigenvalue weighted by Gasteiger charge is 2.30. The second-order valence-electron chi connectivity index (χ2n) is 10.7. The smallest absolute Gasteiger partial charge is 0.243 e. The van der Waals surface area contributed by atoms with Crippen molar-refractivity contribution in [3.8, 4) is 17.1 Å². The van der Waals surface area contributed by atoms with Crippen LogP contribution in [0.2, 0.25) is 0 Å². The molecule has 2 saturated heterocycles. The number of hydrogen-bond donors (Lipinski definition) is 0. The summed E-state index contributed by atoms with van der Waals surface area (Å²) in [6, 6.07) is 5.08. The van der Waals surface area contributed by atoms with Crippen LogP contribution in [0.5, 0.6) is 5.75 Å². The summed E-state index contributed by atoms with van der Waals surface area (Å²) in [5.41, 5.74) is 2.39. The van der Waals surface area contributed by atoms with Gasteiger partial charge in [-0.3, -0.25) is 0 Å². The van der Waals surface area contributed by atoms with E-state index in [-0.39, 0.29) is 4.90 Å². The van der Waals surface area contributed by atoms with Crippen LogP contribution in [0.25, 0.3) is 16.9 Å². The predicted molar refractivity (Wildman–Crippen MR) is 161 cm³/mol. The van der Waals surface area contributed by atoms with Gasteiger partial charge < -0.3 is 19.4 Å². The summed E-state index contributed by atoms with van der Waals surface area (Å²) in [7, 11) is -3.69. The molecule has 0 atom stereocenters. The van der Waals surface area contributed by atoms with E-state index in [0.717, 1.165) is 88.1 Å². The molecule has 2 aliphatic rings. The minimum absolute atomic E-state index is 0.235. The Morgan fingerprint density at radius 1 is 0.878 bits per heavy atom. The molecule has 224 valence electrons. The van der Waals surface area contributed by atoms with E-state index in [1.807, 2.05) is 18.4 Å². The van der Waals surface area contributed by atoms with Crippen LogP contribution >= 0.6 is 0 Å². The maximum absolute atomic E-state index is 13.8. The van der Waals surface area contributed by atoms with Crippen molar-refractivity contribution in [2.45, 2.75) is 52.4 Å². The van der Waals surface area contributed by atoms with E-state index in [1.165, 1.54) is 0 Å². The number of likely N-dealkylation sites (N-methyl/N-ethyl adjacent to an activating group) is 2. The Morgan fingerprint density at radius 3 is 2.15 bits per heavy atom. The Bertz CT molecular complexity index is 1460. The topological polar surface area (TPSA) is 99.4 Å². The van der Waals surface area contributed by atoms with Gasteiger partial charge in [-0.25, -0.2) is 22.9 Å². The molecule has 3 aromatic rings. The molecule has 0 radical (unpaired) electrons. The number of nitrogens with zero attached hydrogens (tertiary/aromatic N) is 8. The van der Waals surface area contributed by atoms with E-state index < -0.39 is 10.0 Å². The van der Waals surface area contributed by atoms with Crippen molar-refractivity contribution in [3.05, 3.63) is 29.7 Å². The number of rotatable bonds is 10. The molecule has 0 saturated carbocycles. The summed E-state index contributed by atoms with van der Waals surface area (Å²) in [6.45, 7) is 18.8. The quantitative estimate of drug-likeness (QED) is 0.356. The van der Waals surface area contributed by atoms with Gasteiger partial charge in [0.2, 0.25) is 10.0 Å². The molecule has 2 fully saturated rings. The molecule has 0 unspecified atom stereocenters. The first kappa shape index (κ1) is 29.7. The van der Waals surface area contributed by atoms with E-state index in [2.05, 4.69) is 35.5 Å². The van der Waals surface area contributed by atoms with Crippen LogP contribution in [-0.2, 0) is 16.4 Å². The molecule has 0 amide bonds. The first-order chi connectivity index (χ1) is 19.8. The number of hydrogen-bond acceptors (Lipinski definition) is 9. The molecule has 1 aromatic carbocycles. The number of benzene rings is 1. The van der Waals surface area contributed by atoms with Crippen LogP contribution in [-0.4, -0.2) is 114 Å². The summed E-state index contributed by atoms with van der Waals surface area (Å²) in [4.78, 5) is 17.2. The van der Waals surface area contributed by atoms with Gasteiger partial charge in [0.1, 0.15) is 17.1 Å². The fourth-order valence-electron chi connectivity index (χ4n) is 5.77. The highest BCUT2D eigenvalue weighted by molar-refractivity contribution is 7.89. The SMILES string of the molecule is CCCc1nc(C)c2c(N3CCN(CC)CC3)nc(-c3cc(S(=O)(=O)N4CCN(CC)CC4)ccc3OCC)nn12. The maximum Gasteiger partial charge on any atom is 0.243 e. The largest absolute Gasteiger partial charge is 0.493 e. The molecular weight excluding hydrogens is 540 g/mol. The average molecular weight is 585 g/mol. The highest BCUT2D eigenvalue weighted by Crippen LogP contribution is 2.34. The Morgan fingerprint density at radius 2 is 1.54 bits per heavy atom. The third kappa shape index (κ3) is 5.93. The predicted octanol–water partition coefficient (Wildman–Crippen LogP) is 2.92. The van der Waals surface area contributed by atoms with Gasteiger partial charge in [-0.05, 0) is 51.6 Å². The number of aryl methyl sites for hydroxylation is 2. The monoisotopic (exact) mass is 584 g/mol. The van der Waals surface area contributed by atoms with Gasteiger partial charge in [0, 0.05) is 58.8 Å². The summed E-state index contributed by atoms with van der Waals surface area (Å²) in [5.74, 6) is 2.73. The fraction of sp³-hybridized carbons (Fsp3) is 0.621. The average Bonchev–Trinajstić information content (AvgIpc) is 3.32. The first-order valence-electron chi connectivity index (χ1n) is 15.0. The number of aromatic nitrogens is 4. The van der Waals surface area contributed by atoms with Gasteiger partial charge >= 0.3 is 0 Å². The molecule has 4 heterocycles. The van der Waals surface area contributed by atoms with Gasteiger partial charge in [-0.15, -0.1) is 5.10 Å². The van der Waals surface area contributed by atoms with E-state index in [4.69, 9.17) is 19.8 Å². The Kier molecular flexibility index (Phi) is 9.12. The zero-order chi connectivity index (χ0) is 29.1. The van der Waals surface area contributed by atoms with Crippen LogP contribution in [0.15, 0.2) is 23.1 Å². The molecule has 5 rings (SSSR count). The van der Waals surface area contributed by atoms with E-state index >= 15 is 0 Å². The number of ether oxygens (including phenoxy) is 1. The molecule has 2 aliphatic heterocycles. The molecule has 12 heteroatoms. The van der Waals surface area contributed by atoms with Crippen molar-refractivity contribution in [1.29, 1.82) is 0 Å². The van der Waals surface area contributed by atoms with E-state index in [0.29, 0.717) is 36.8 Å². The zero-order valence-electron chi connectivity index (χ0n) is 25.1. The third-order valence-electron chi connectivity index (χ3n) is 8.21. The lowest BCUT2D eigenvalue weighted by Crippen LogP contribution is -2.48. The number of imidazole rings is 1. The van der Waals surface area contributed by atoms with Crippen molar-refractivity contribution in [2.75, 3.05) is 77.0 Å². The van der Waals surface area contributed by atoms with Gasteiger partial charge in [0.05, 0.1) is 22.8 Å². The third-order valence-corrected chi connectivity index (χ3v) is 10.1. The Balaban J connectivity index is 1.63. The normalized spacial score (nSPS) is 17.9. The number of sulfonamides is 1. The van der Waals surface area contributed by atoms with Gasteiger partial charge in [-0.2, -0.15) is 4.31 Å². The number of fused-ring (bicyclic) bond motifs is 1. The van der Waals surface area contributed by atoms with Crippen molar-refractivity contribution in [3.63, 3.8) is 0 Å². The van der Waals surface area contributed by atoms with Crippen molar-refractivity contribution < 1.29 is 13.2 Å². The van der Waals surface area contributed by atoms with Crippen LogP contribution < -0.4 is 9.64 Å². The first-order valence-corrected chi connectivity index (χ1v) is 16.5. The van der Waals surface area contributed by atoms with Crippen LogP contribution in [0.3, 0.4) is 0 Å². The Labute approximate surface area is 244 Å². The molecule has 0 aliphatic carbocycles. The molecule has 0 bridgehead atoms.